The van der Waals surface area contributed by atoms with E-state index in [1.54, 1.807) is 19.0 Å². The normalized spacial score (nSPS) is 11.6. The lowest BCUT2D eigenvalue weighted by atomic mass is 10.2. The van der Waals surface area contributed by atoms with Crippen molar-refractivity contribution in [3.8, 4) is 5.75 Å². The molecule has 0 aliphatic heterocycles. The number of carboxylic acids is 1. The summed E-state index contributed by atoms with van der Waals surface area (Å²) >= 11 is 0. The van der Waals surface area contributed by atoms with Crippen molar-refractivity contribution in [2.45, 2.75) is 4.90 Å². The molecule has 0 atom stereocenters. The molecule has 1 rings (SSSR count). The molecule has 1 aromatic carbocycles. The molecule has 0 spiro atoms. The quantitative estimate of drug-likeness (QED) is 0.830. The molecule has 1 N–H and O–H groups in total. The molecule has 0 unspecified atom stereocenters. The Bertz CT molecular complexity index is 565. The zero-order chi connectivity index (χ0) is 14.6. The number of ether oxygens (including phenoxy) is 1. The minimum atomic E-state index is -3.58. The fraction of sp³-hybridized carbons (Fsp3) is 0.417. The SMILES string of the molecule is COc1ccc(C(=O)O)cc1S(=O)(=O)CCN(C)C. The van der Waals surface area contributed by atoms with Crippen LogP contribution in [0.15, 0.2) is 23.1 Å². The lowest BCUT2D eigenvalue weighted by Crippen LogP contribution is -2.22. The first-order valence-corrected chi connectivity index (χ1v) is 7.22. The van der Waals surface area contributed by atoms with Crippen molar-refractivity contribution in [3.63, 3.8) is 0 Å². The summed E-state index contributed by atoms with van der Waals surface area (Å²) in [4.78, 5) is 12.6. The van der Waals surface area contributed by atoms with E-state index in [4.69, 9.17) is 9.84 Å². The van der Waals surface area contributed by atoms with E-state index in [1.807, 2.05) is 0 Å². The summed E-state index contributed by atoms with van der Waals surface area (Å²) < 4.78 is 29.4. The molecule has 0 heterocycles. The van der Waals surface area contributed by atoms with Gasteiger partial charge in [0.2, 0.25) is 0 Å². The van der Waals surface area contributed by atoms with Crippen molar-refractivity contribution in [2.75, 3.05) is 33.5 Å². The second-order valence-corrected chi connectivity index (χ2v) is 6.37. The Hall–Kier alpha value is -1.60. The van der Waals surface area contributed by atoms with Crippen LogP contribution in [0.4, 0.5) is 0 Å². The number of hydrogen-bond acceptors (Lipinski definition) is 5. The summed E-state index contributed by atoms with van der Waals surface area (Å²) in [5, 5.41) is 8.91. The van der Waals surface area contributed by atoms with Crippen molar-refractivity contribution in [3.05, 3.63) is 23.8 Å². The number of benzene rings is 1. The number of aromatic carboxylic acids is 1. The molecule has 106 valence electrons. The molecule has 0 bridgehead atoms. The Morgan fingerprint density at radius 3 is 2.47 bits per heavy atom. The molecule has 0 saturated carbocycles. The minimum Gasteiger partial charge on any atom is -0.495 e. The Morgan fingerprint density at radius 1 is 1.37 bits per heavy atom. The fourth-order valence-electron chi connectivity index (χ4n) is 1.47. The first-order valence-electron chi connectivity index (χ1n) is 5.56. The van der Waals surface area contributed by atoms with Crippen LogP contribution < -0.4 is 4.74 Å². The summed E-state index contributed by atoms with van der Waals surface area (Å²) in [5.74, 6) is -1.12. The average molecular weight is 287 g/mol. The van der Waals surface area contributed by atoms with Crippen LogP contribution in [0.25, 0.3) is 0 Å². The van der Waals surface area contributed by atoms with Crippen LogP contribution in [0.2, 0.25) is 0 Å². The minimum absolute atomic E-state index is 0.0794. The average Bonchev–Trinajstić information content (AvgIpc) is 2.35. The van der Waals surface area contributed by atoms with E-state index in [0.717, 1.165) is 6.07 Å². The molecular weight excluding hydrogens is 270 g/mol. The van der Waals surface area contributed by atoms with Gasteiger partial charge < -0.3 is 14.7 Å². The highest BCUT2D eigenvalue weighted by Crippen LogP contribution is 2.26. The van der Waals surface area contributed by atoms with E-state index in [9.17, 15) is 13.2 Å². The number of sulfone groups is 1. The molecule has 6 nitrogen and oxygen atoms in total. The summed E-state index contributed by atoms with van der Waals surface area (Å²) in [6, 6.07) is 3.80. The van der Waals surface area contributed by atoms with Crippen molar-refractivity contribution in [2.24, 2.45) is 0 Å². The molecule has 0 aromatic heterocycles. The Labute approximate surface area is 112 Å². The maximum Gasteiger partial charge on any atom is 0.335 e. The van der Waals surface area contributed by atoms with Gasteiger partial charge >= 0.3 is 5.97 Å². The second-order valence-electron chi connectivity index (χ2n) is 4.29. The highest BCUT2D eigenvalue weighted by atomic mass is 32.2. The molecule has 0 amide bonds. The van der Waals surface area contributed by atoms with Gasteiger partial charge in [-0.15, -0.1) is 0 Å². The van der Waals surface area contributed by atoms with E-state index in [-0.39, 0.29) is 22.0 Å². The van der Waals surface area contributed by atoms with Crippen LogP contribution in [0.5, 0.6) is 5.75 Å². The van der Waals surface area contributed by atoms with Crippen molar-refractivity contribution in [1.29, 1.82) is 0 Å². The van der Waals surface area contributed by atoms with Gasteiger partial charge in [0.15, 0.2) is 9.84 Å². The van der Waals surface area contributed by atoms with E-state index in [0.29, 0.717) is 6.54 Å². The summed E-state index contributed by atoms with van der Waals surface area (Å²) in [6.45, 7) is 0.350. The summed E-state index contributed by atoms with van der Waals surface area (Å²) in [7, 11) is 1.29. The van der Waals surface area contributed by atoms with Gasteiger partial charge in [-0.25, -0.2) is 13.2 Å². The van der Waals surface area contributed by atoms with Crippen LogP contribution in [0.3, 0.4) is 0 Å². The fourth-order valence-corrected chi connectivity index (χ4v) is 3.06. The third-order valence-electron chi connectivity index (χ3n) is 2.55. The Kier molecular flexibility index (Phi) is 4.90. The highest BCUT2D eigenvalue weighted by molar-refractivity contribution is 7.91. The Morgan fingerprint density at radius 2 is 2.00 bits per heavy atom. The molecule has 0 aliphatic carbocycles. The number of carboxylic acid groups (broad SMARTS) is 1. The molecule has 0 fully saturated rings. The lowest BCUT2D eigenvalue weighted by molar-refractivity contribution is 0.0696. The molecule has 1 aromatic rings. The monoisotopic (exact) mass is 287 g/mol. The lowest BCUT2D eigenvalue weighted by Gasteiger charge is -2.13. The first kappa shape index (κ1) is 15.5. The third kappa shape index (κ3) is 3.93. The van der Waals surface area contributed by atoms with Gasteiger partial charge in [-0.1, -0.05) is 0 Å². The van der Waals surface area contributed by atoms with Gasteiger partial charge in [0.05, 0.1) is 18.4 Å². The van der Waals surface area contributed by atoms with Crippen LogP contribution >= 0.6 is 0 Å². The van der Waals surface area contributed by atoms with Gasteiger partial charge in [0.1, 0.15) is 10.6 Å². The number of rotatable bonds is 6. The van der Waals surface area contributed by atoms with Gasteiger partial charge in [0.25, 0.3) is 0 Å². The predicted molar refractivity (Wildman–Crippen MR) is 70.6 cm³/mol. The summed E-state index contributed by atoms with van der Waals surface area (Å²) in [5.41, 5.74) is -0.0794. The van der Waals surface area contributed by atoms with Gasteiger partial charge in [-0.2, -0.15) is 0 Å². The topological polar surface area (TPSA) is 83.9 Å². The smallest absolute Gasteiger partial charge is 0.335 e. The summed E-state index contributed by atoms with van der Waals surface area (Å²) in [6.07, 6.45) is 0. The van der Waals surface area contributed by atoms with Crippen molar-refractivity contribution in [1.82, 2.24) is 4.90 Å². The molecule has 0 saturated heterocycles. The van der Waals surface area contributed by atoms with E-state index in [1.165, 1.54) is 19.2 Å². The molecule has 19 heavy (non-hydrogen) atoms. The zero-order valence-corrected chi connectivity index (χ0v) is 11.9. The van der Waals surface area contributed by atoms with Gasteiger partial charge in [-0.05, 0) is 32.3 Å². The maximum atomic E-state index is 12.2. The Balaban J connectivity index is 3.22. The van der Waals surface area contributed by atoms with Crippen LogP contribution in [-0.2, 0) is 9.84 Å². The van der Waals surface area contributed by atoms with Crippen LogP contribution in [-0.4, -0.2) is 57.9 Å². The van der Waals surface area contributed by atoms with Crippen molar-refractivity contribution < 1.29 is 23.1 Å². The molecule has 7 heteroatoms. The largest absolute Gasteiger partial charge is 0.495 e. The van der Waals surface area contributed by atoms with E-state index in [2.05, 4.69) is 0 Å². The molecule has 0 radical (unpaired) electrons. The first-order chi connectivity index (χ1) is 8.77. The number of carbonyl (C=O) groups is 1. The molecular formula is C12H17NO5S. The third-order valence-corrected chi connectivity index (χ3v) is 4.26. The number of nitrogens with zero attached hydrogens (tertiary/aromatic N) is 1. The highest BCUT2D eigenvalue weighted by Gasteiger charge is 2.21. The van der Waals surface area contributed by atoms with Crippen LogP contribution in [0.1, 0.15) is 10.4 Å². The second kappa shape index (κ2) is 6.03. The van der Waals surface area contributed by atoms with E-state index >= 15 is 0 Å². The van der Waals surface area contributed by atoms with Gasteiger partial charge in [0, 0.05) is 6.54 Å². The molecule has 0 aliphatic rings. The maximum absolute atomic E-state index is 12.2. The zero-order valence-electron chi connectivity index (χ0n) is 11.1. The van der Waals surface area contributed by atoms with Gasteiger partial charge in [-0.3, -0.25) is 0 Å². The predicted octanol–water partition coefficient (Wildman–Crippen LogP) is 0.729. The standard InChI is InChI=1S/C12H17NO5S/c1-13(2)6-7-19(16,17)11-8-9(12(14)15)4-5-10(11)18-3/h4-5,8H,6-7H2,1-3H3,(H,14,15). The number of methoxy groups -OCH3 is 1. The number of hydrogen-bond donors (Lipinski definition) is 1. The van der Waals surface area contributed by atoms with Crippen LogP contribution in [0, 0.1) is 0 Å². The van der Waals surface area contributed by atoms with Crippen molar-refractivity contribution >= 4 is 15.8 Å². The van der Waals surface area contributed by atoms with E-state index < -0.39 is 15.8 Å².